The second kappa shape index (κ2) is 52.3. The molecular weight excluding hydrogens is 866 g/mol. The Morgan fingerprint density at radius 3 is 1.19 bits per heavy atom. The maximum atomic E-state index is 12.8. The molecule has 0 saturated carbocycles. The molecule has 0 fully saturated rings. The third-order valence-corrected chi connectivity index (χ3v) is 14.2. The number of phosphoric acid groups is 1. The summed E-state index contributed by atoms with van der Waals surface area (Å²) in [6.45, 7) is 5.47. The van der Waals surface area contributed by atoms with Crippen molar-refractivity contribution in [3.63, 3.8) is 0 Å². The Morgan fingerprint density at radius 2 is 0.809 bits per heavy atom. The fourth-order valence-corrected chi connectivity index (χ4v) is 9.43. The lowest BCUT2D eigenvalue weighted by Crippen LogP contribution is -2.37. The van der Waals surface area contributed by atoms with Gasteiger partial charge in [-0.05, 0) is 44.9 Å². The van der Waals surface area contributed by atoms with Crippen molar-refractivity contribution in [1.82, 2.24) is 0 Å². The fourth-order valence-electron chi connectivity index (χ4n) is 8.70. The molecule has 0 rings (SSSR count). The molecule has 0 radical (unpaired) electrons. The van der Waals surface area contributed by atoms with Gasteiger partial charge in [0.25, 0.3) is 7.82 Å². The van der Waals surface area contributed by atoms with Crippen molar-refractivity contribution < 1.29 is 37.3 Å². The first-order valence-electron chi connectivity index (χ1n) is 29.6. The molecule has 0 saturated heterocycles. The molecule has 2 atom stereocenters. The Balaban J connectivity index is 4.03. The van der Waals surface area contributed by atoms with E-state index in [1.54, 1.807) is 0 Å². The van der Waals surface area contributed by atoms with Gasteiger partial charge in [-0.3, -0.25) is 9.36 Å². The van der Waals surface area contributed by atoms with Gasteiger partial charge in [0.1, 0.15) is 19.3 Å². The zero-order valence-electron chi connectivity index (χ0n) is 46.1. The lowest BCUT2D eigenvalue weighted by Gasteiger charge is -2.28. The Hall–Kier alpha value is -1.02. The number of unbranched alkanes of at least 4 members (excludes halogenated alkanes) is 38. The maximum Gasteiger partial charge on any atom is 0.306 e. The summed E-state index contributed by atoms with van der Waals surface area (Å²) in [5.41, 5.74) is 0. The van der Waals surface area contributed by atoms with Crippen LogP contribution in [0.25, 0.3) is 0 Å². The van der Waals surface area contributed by atoms with Gasteiger partial charge >= 0.3 is 5.97 Å². The maximum absolute atomic E-state index is 12.8. The van der Waals surface area contributed by atoms with E-state index < -0.39 is 13.9 Å². The summed E-state index contributed by atoms with van der Waals surface area (Å²) in [6.07, 6.45) is 63.6. The average Bonchev–Trinajstić information content (AvgIpc) is 3.30. The van der Waals surface area contributed by atoms with E-state index in [-0.39, 0.29) is 25.8 Å². The minimum Gasteiger partial charge on any atom is -0.756 e. The van der Waals surface area contributed by atoms with E-state index in [4.69, 9.17) is 18.5 Å². The molecule has 9 heteroatoms. The van der Waals surface area contributed by atoms with Gasteiger partial charge in [0.05, 0.1) is 34.4 Å². The number of allylic oxidation sites excluding steroid dienone is 4. The Kier molecular flexibility index (Phi) is 51.5. The van der Waals surface area contributed by atoms with Crippen molar-refractivity contribution in [2.75, 3.05) is 54.1 Å². The van der Waals surface area contributed by atoms with Crippen molar-refractivity contribution in [3.8, 4) is 0 Å². The summed E-state index contributed by atoms with van der Waals surface area (Å²) in [4.78, 5) is 25.3. The van der Waals surface area contributed by atoms with E-state index in [2.05, 4.69) is 38.2 Å². The van der Waals surface area contributed by atoms with Gasteiger partial charge in [-0.15, -0.1) is 0 Å². The zero-order chi connectivity index (χ0) is 49.8. The average molecular weight is 983 g/mol. The van der Waals surface area contributed by atoms with Crippen LogP contribution < -0.4 is 4.89 Å². The number of rotatable bonds is 56. The number of phosphoric ester groups is 1. The van der Waals surface area contributed by atoms with Crippen molar-refractivity contribution in [2.45, 2.75) is 296 Å². The second-order valence-electron chi connectivity index (χ2n) is 21.4. The van der Waals surface area contributed by atoms with Crippen molar-refractivity contribution in [1.29, 1.82) is 0 Å². The van der Waals surface area contributed by atoms with Crippen LogP contribution in [0, 0.1) is 0 Å². The summed E-state index contributed by atoms with van der Waals surface area (Å²) in [6, 6.07) is 0. The molecule has 0 aliphatic carbocycles. The molecule has 0 aromatic heterocycles. The highest BCUT2D eigenvalue weighted by atomic mass is 31.2. The standard InChI is InChI=1S/C59H116NO7P/c1-6-8-10-12-14-16-18-20-22-24-26-28-30-32-34-36-38-40-42-44-46-48-50-52-59(61)67-58(57-66-68(62,63)65-55-53-60(3,4)5)56-64-54-51-49-47-45-43-41-39-37-35-33-31-29-27-25-23-21-19-17-15-13-11-9-7-2/h18,20,24,26,58H,6-17,19,21-23,25,27-57H2,1-5H3/b20-18-,26-24-. The molecule has 0 aliphatic rings. The molecule has 0 spiro atoms. The Labute approximate surface area is 423 Å². The van der Waals surface area contributed by atoms with Crippen LogP contribution in [0.4, 0.5) is 0 Å². The first-order valence-corrected chi connectivity index (χ1v) is 31.0. The topological polar surface area (TPSA) is 94.1 Å². The number of ether oxygens (including phenoxy) is 2. The molecule has 404 valence electrons. The van der Waals surface area contributed by atoms with Gasteiger partial charge in [-0.25, -0.2) is 0 Å². The first-order chi connectivity index (χ1) is 33.1. The van der Waals surface area contributed by atoms with Crippen LogP contribution in [-0.2, 0) is 27.9 Å². The van der Waals surface area contributed by atoms with Crippen LogP contribution in [0.1, 0.15) is 290 Å². The van der Waals surface area contributed by atoms with Crippen LogP contribution in [-0.4, -0.2) is 70.7 Å². The molecule has 2 unspecified atom stereocenters. The molecule has 0 bridgehead atoms. The minimum absolute atomic E-state index is 0.0285. The number of likely N-dealkylation sites (N-methyl/N-ethyl adjacent to an activating group) is 1. The van der Waals surface area contributed by atoms with E-state index in [0.29, 0.717) is 24.1 Å². The predicted octanol–water partition coefficient (Wildman–Crippen LogP) is 18.0. The third-order valence-electron chi connectivity index (χ3n) is 13.3. The number of hydrogen-bond acceptors (Lipinski definition) is 7. The molecule has 0 heterocycles. The van der Waals surface area contributed by atoms with Gasteiger partial charge in [-0.1, -0.05) is 263 Å². The van der Waals surface area contributed by atoms with Gasteiger partial charge in [-0.2, -0.15) is 0 Å². The van der Waals surface area contributed by atoms with E-state index in [1.807, 2.05) is 21.1 Å². The van der Waals surface area contributed by atoms with E-state index >= 15 is 0 Å². The summed E-state index contributed by atoms with van der Waals surface area (Å²) in [5, 5.41) is 0. The predicted molar refractivity (Wildman–Crippen MR) is 291 cm³/mol. The molecule has 68 heavy (non-hydrogen) atoms. The number of carbonyl (C=O) groups excluding carboxylic acids is 1. The molecule has 0 aliphatic heterocycles. The lowest BCUT2D eigenvalue weighted by atomic mass is 10.0. The number of esters is 1. The van der Waals surface area contributed by atoms with Gasteiger partial charge in [0.2, 0.25) is 0 Å². The molecule has 8 nitrogen and oxygen atoms in total. The summed E-state index contributed by atoms with van der Waals surface area (Å²) in [5.74, 6) is -0.329. The first kappa shape index (κ1) is 67.0. The van der Waals surface area contributed by atoms with Gasteiger partial charge in [0, 0.05) is 13.0 Å². The lowest BCUT2D eigenvalue weighted by molar-refractivity contribution is -0.870. The number of hydrogen-bond donors (Lipinski definition) is 0. The van der Waals surface area contributed by atoms with Crippen LogP contribution >= 0.6 is 7.82 Å². The number of nitrogens with zero attached hydrogens (tertiary/aromatic N) is 1. The van der Waals surface area contributed by atoms with Crippen LogP contribution in [0.3, 0.4) is 0 Å². The van der Waals surface area contributed by atoms with E-state index in [9.17, 15) is 14.3 Å². The summed E-state index contributed by atoms with van der Waals surface area (Å²) < 4.78 is 34.9. The molecule has 0 N–H and O–H groups in total. The number of carbonyl (C=O) groups is 1. The zero-order valence-corrected chi connectivity index (χ0v) is 47.0. The molecule has 0 aromatic carbocycles. The molecule has 0 aromatic rings. The normalized spacial score (nSPS) is 13.6. The van der Waals surface area contributed by atoms with Crippen molar-refractivity contribution in [2.24, 2.45) is 0 Å². The summed E-state index contributed by atoms with van der Waals surface area (Å²) >= 11 is 0. The highest BCUT2D eigenvalue weighted by Crippen LogP contribution is 2.38. The third kappa shape index (κ3) is 55.9. The summed E-state index contributed by atoms with van der Waals surface area (Å²) in [7, 11) is 1.37. The number of quaternary nitrogens is 1. The molecular formula is C59H116NO7P. The van der Waals surface area contributed by atoms with Crippen molar-refractivity contribution in [3.05, 3.63) is 24.3 Å². The largest absolute Gasteiger partial charge is 0.756 e. The van der Waals surface area contributed by atoms with Crippen LogP contribution in [0.2, 0.25) is 0 Å². The Morgan fingerprint density at radius 1 is 0.456 bits per heavy atom. The van der Waals surface area contributed by atoms with Crippen LogP contribution in [0.5, 0.6) is 0 Å². The second-order valence-corrected chi connectivity index (χ2v) is 22.8. The highest BCUT2D eigenvalue weighted by molar-refractivity contribution is 7.45. The monoisotopic (exact) mass is 982 g/mol. The fraction of sp³-hybridized carbons (Fsp3) is 0.915. The molecule has 0 amide bonds. The van der Waals surface area contributed by atoms with Crippen molar-refractivity contribution >= 4 is 13.8 Å². The smallest absolute Gasteiger partial charge is 0.306 e. The van der Waals surface area contributed by atoms with Gasteiger partial charge in [0.15, 0.2) is 0 Å². The van der Waals surface area contributed by atoms with Crippen LogP contribution in [0.15, 0.2) is 24.3 Å². The highest BCUT2D eigenvalue weighted by Gasteiger charge is 2.20. The SMILES string of the molecule is CCCCCCC/C=C\C/C=C\CCCCCCCCCCCCCC(=O)OC(COCCCCCCCCCCCCCCCCCCCCCCCCC)COP(=O)([O-])OCC[N+](C)(C)C. The van der Waals surface area contributed by atoms with Gasteiger partial charge < -0.3 is 27.9 Å². The van der Waals surface area contributed by atoms with E-state index in [0.717, 1.165) is 38.5 Å². The Bertz CT molecular complexity index is 1140. The minimum atomic E-state index is -4.53. The van der Waals surface area contributed by atoms with E-state index in [1.165, 1.54) is 231 Å². The quantitative estimate of drug-likeness (QED) is 0.0197.